The van der Waals surface area contributed by atoms with Gasteiger partial charge in [0.15, 0.2) is 11.5 Å². The first-order valence-electron chi connectivity index (χ1n) is 7.76. The zero-order valence-corrected chi connectivity index (χ0v) is 15.3. The Hall–Kier alpha value is -3.04. The number of nitriles is 1. The lowest BCUT2D eigenvalue weighted by Crippen LogP contribution is -2.07. The number of hydrogen-bond donors (Lipinski definition) is 0. The van der Waals surface area contributed by atoms with Crippen LogP contribution in [0.2, 0.25) is 5.02 Å². The number of allylic oxidation sites excluding steroid dienone is 1. The summed E-state index contributed by atoms with van der Waals surface area (Å²) >= 11 is 6.29. The third-order valence-corrected chi connectivity index (χ3v) is 3.71. The zero-order chi connectivity index (χ0) is 19.3. The van der Waals surface area contributed by atoms with Gasteiger partial charge in [-0.05, 0) is 55.3 Å². The molecule has 0 amide bonds. The molecular weight excluding hydrogens is 356 g/mol. The number of nitro benzene ring substituents is 1. The van der Waals surface area contributed by atoms with Crippen LogP contribution in [0.4, 0.5) is 5.69 Å². The average Bonchev–Trinajstić information content (AvgIpc) is 2.61. The highest BCUT2D eigenvalue weighted by atomic mass is 35.5. The van der Waals surface area contributed by atoms with Crippen LogP contribution in [-0.2, 0) is 0 Å². The molecule has 7 heteroatoms. The number of nitrogens with zero attached hydrogens (tertiary/aromatic N) is 2. The Morgan fingerprint density at radius 1 is 1.31 bits per heavy atom. The van der Waals surface area contributed by atoms with Gasteiger partial charge in [0.1, 0.15) is 0 Å². The van der Waals surface area contributed by atoms with E-state index in [4.69, 9.17) is 21.1 Å². The van der Waals surface area contributed by atoms with Gasteiger partial charge in [-0.2, -0.15) is 5.26 Å². The molecule has 6 nitrogen and oxygen atoms in total. The Bertz CT molecular complexity index is 884. The number of halogens is 1. The van der Waals surface area contributed by atoms with E-state index in [2.05, 4.69) is 6.07 Å². The van der Waals surface area contributed by atoms with Crippen LogP contribution in [-0.4, -0.2) is 18.1 Å². The van der Waals surface area contributed by atoms with Crippen LogP contribution in [0.25, 0.3) is 11.6 Å². The molecule has 0 N–H and O–H groups in total. The molecule has 26 heavy (non-hydrogen) atoms. The summed E-state index contributed by atoms with van der Waals surface area (Å²) in [5, 5.41) is 20.6. The molecule has 0 saturated heterocycles. The van der Waals surface area contributed by atoms with E-state index in [1.54, 1.807) is 18.2 Å². The first-order chi connectivity index (χ1) is 12.3. The summed E-state index contributed by atoms with van der Waals surface area (Å²) in [6, 6.07) is 11.3. The van der Waals surface area contributed by atoms with Crippen LogP contribution in [0.5, 0.6) is 11.5 Å². The minimum Gasteiger partial charge on any atom is -0.493 e. The molecule has 0 saturated carbocycles. The van der Waals surface area contributed by atoms with Crippen molar-refractivity contribution in [3.05, 3.63) is 62.7 Å². The molecular formula is C19H17ClN2O4. The lowest BCUT2D eigenvalue weighted by molar-refractivity contribution is -0.384. The van der Waals surface area contributed by atoms with Crippen LogP contribution >= 0.6 is 11.6 Å². The number of hydrogen-bond acceptors (Lipinski definition) is 5. The minimum absolute atomic E-state index is 0.0362. The zero-order valence-electron chi connectivity index (χ0n) is 14.5. The Balaban J connectivity index is 2.44. The summed E-state index contributed by atoms with van der Waals surface area (Å²) in [4.78, 5) is 10.3. The Morgan fingerprint density at radius 3 is 2.46 bits per heavy atom. The maximum Gasteiger partial charge on any atom is 0.269 e. The molecule has 0 fully saturated rings. The largest absolute Gasteiger partial charge is 0.493 e. The first kappa shape index (κ1) is 19.3. The molecule has 134 valence electrons. The van der Waals surface area contributed by atoms with E-state index in [0.717, 1.165) is 0 Å². The van der Waals surface area contributed by atoms with Gasteiger partial charge in [0, 0.05) is 12.1 Å². The lowest BCUT2D eigenvalue weighted by atomic mass is 10.0. The van der Waals surface area contributed by atoms with Gasteiger partial charge in [0.2, 0.25) is 0 Å². The van der Waals surface area contributed by atoms with Crippen molar-refractivity contribution in [1.29, 1.82) is 5.26 Å². The highest BCUT2D eigenvalue weighted by Crippen LogP contribution is 2.38. The van der Waals surface area contributed by atoms with Gasteiger partial charge < -0.3 is 9.47 Å². The number of methoxy groups -OCH3 is 1. The molecule has 0 unspecified atom stereocenters. The molecule has 2 rings (SSSR count). The normalized spacial score (nSPS) is 11.2. The van der Waals surface area contributed by atoms with Gasteiger partial charge in [0.05, 0.1) is 34.8 Å². The van der Waals surface area contributed by atoms with Crippen molar-refractivity contribution in [2.45, 2.75) is 20.0 Å². The maximum absolute atomic E-state index is 10.7. The SMILES string of the molecule is COc1cc(/C=C(/C#N)c2ccc([N+](=O)[O-])cc2)cc(Cl)c1OC(C)C. The fourth-order valence-electron chi connectivity index (χ4n) is 2.28. The van der Waals surface area contributed by atoms with Crippen LogP contribution in [0.1, 0.15) is 25.0 Å². The molecule has 0 aliphatic heterocycles. The molecule has 0 aromatic heterocycles. The molecule has 0 aliphatic rings. The highest BCUT2D eigenvalue weighted by molar-refractivity contribution is 6.32. The van der Waals surface area contributed by atoms with Gasteiger partial charge in [-0.3, -0.25) is 10.1 Å². The van der Waals surface area contributed by atoms with Crippen molar-refractivity contribution in [3.8, 4) is 17.6 Å². The molecule has 0 heterocycles. The quantitative estimate of drug-likeness (QED) is 0.304. The summed E-state index contributed by atoms with van der Waals surface area (Å²) in [5.41, 5.74) is 1.52. The number of nitro groups is 1. The summed E-state index contributed by atoms with van der Waals surface area (Å²) < 4.78 is 11.0. The van der Waals surface area contributed by atoms with E-state index in [1.165, 1.54) is 31.4 Å². The lowest BCUT2D eigenvalue weighted by Gasteiger charge is -2.15. The van der Waals surface area contributed by atoms with Crippen molar-refractivity contribution in [3.63, 3.8) is 0 Å². The molecule has 0 bridgehead atoms. The Labute approximate surface area is 156 Å². The number of non-ortho nitro benzene ring substituents is 1. The number of benzene rings is 2. The predicted octanol–water partition coefficient (Wildman–Crippen LogP) is 5.11. The second-order valence-corrected chi connectivity index (χ2v) is 6.08. The second kappa shape index (κ2) is 8.37. The van der Waals surface area contributed by atoms with Gasteiger partial charge in [0.25, 0.3) is 5.69 Å². The van der Waals surface area contributed by atoms with E-state index < -0.39 is 4.92 Å². The Morgan fingerprint density at radius 2 is 1.96 bits per heavy atom. The fraction of sp³-hybridized carbons (Fsp3) is 0.211. The van der Waals surface area contributed by atoms with Gasteiger partial charge in [-0.15, -0.1) is 0 Å². The van der Waals surface area contributed by atoms with Crippen LogP contribution < -0.4 is 9.47 Å². The van der Waals surface area contributed by atoms with Crippen molar-refractivity contribution < 1.29 is 14.4 Å². The van der Waals surface area contributed by atoms with Crippen molar-refractivity contribution in [2.75, 3.05) is 7.11 Å². The summed E-state index contributed by atoms with van der Waals surface area (Å²) in [5.74, 6) is 0.897. The number of ether oxygens (including phenoxy) is 2. The monoisotopic (exact) mass is 372 g/mol. The van der Waals surface area contributed by atoms with Gasteiger partial charge in [-0.25, -0.2) is 0 Å². The van der Waals surface area contributed by atoms with Crippen LogP contribution in [0.15, 0.2) is 36.4 Å². The molecule has 2 aromatic carbocycles. The van der Waals surface area contributed by atoms with E-state index in [9.17, 15) is 15.4 Å². The molecule has 2 aromatic rings. The second-order valence-electron chi connectivity index (χ2n) is 5.67. The van der Waals surface area contributed by atoms with E-state index in [1.807, 2.05) is 13.8 Å². The summed E-state index contributed by atoms with van der Waals surface area (Å²) in [6.45, 7) is 3.76. The third-order valence-electron chi connectivity index (χ3n) is 3.43. The summed E-state index contributed by atoms with van der Waals surface area (Å²) in [6.07, 6.45) is 1.56. The van der Waals surface area contributed by atoms with Crippen molar-refractivity contribution in [1.82, 2.24) is 0 Å². The topological polar surface area (TPSA) is 85.4 Å². The smallest absolute Gasteiger partial charge is 0.269 e. The average molecular weight is 373 g/mol. The molecule has 0 atom stereocenters. The fourth-order valence-corrected chi connectivity index (χ4v) is 2.55. The summed E-state index contributed by atoms with van der Waals surface area (Å²) in [7, 11) is 1.51. The van der Waals surface area contributed by atoms with Crippen LogP contribution in [0.3, 0.4) is 0 Å². The maximum atomic E-state index is 10.7. The van der Waals surface area contributed by atoms with Gasteiger partial charge >= 0.3 is 0 Å². The number of rotatable bonds is 6. The molecule has 0 aliphatic carbocycles. The minimum atomic E-state index is -0.488. The third kappa shape index (κ3) is 4.52. The highest BCUT2D eigenvalue weighted by Gasteiger charge is 2.14. The molecule has 0 radical (unpaired) electrons. The van der Waals surface area contributed by atoms with Crippen LogP contribution in [0, 0.1) is 21.4 Å². The molecule has 0 spiro atoms. The van der Waals surface area contributed by atoms with E-state index >= 15 is 0 Å². The Kier molecular flexibility index (Phi) is 6.21. The predicted molar refractivity (Wildman–Crippen MR) is 100 cm³/mol. The van der Waals surface area contributed by atoms with E-state index in [0.29, 0.717) is 33.2 Å². The van der Waals surface area contributed by atoms with Gasteiger partial charge in [-0.1, -0.05) is 11.6 Å². The standard InChI is InChI=1S/C19H17ClN2O4/c1-12(2)26-19-17(20)9-13(10-18(19)25-3)8-15(11-21)14-4-6-16(7-5-14)22(23)24/h4-10,12H,1-3H3/b15-8-. The van der Waals surface area contributed by atoms with Crippen molar-refractivity contribution >= 4 is 28.9 Å². The first-order valence-corrected chi connectivity index (χ1v) is 8.14. The van der Waals surface area contributed by atoms with E-state index in [-0.39, 0.29) is 11.8 Å². The van der Waals surface area contributed by atoms with Crippen molar-refractivity contribution in [2.24, 2.45) is 0 Å².